The summed E-state index contributed by atoms with van der Waals surface area (Å²) >= 11 is 5.32. The van der Waals surface area contributed by atoms with Gasteiger partial charge in [-0.2, -0.15) is 0 Å². The van der Waals surface area contributed by atoms with E-state index < -0.39 is 0 Å². The average Bonchev–Trinajstić information content (AvgIpc) is 2.67. The van der Waals surface area contributed by atoms with E-state index in [4.69, 9.17) is 26.4 Å². The number of ether oxygens (including phenoxy) is 3. The minimum Gasteiger partial charge on any atom is -0.486 e. The molecule has 26 heavy (non-hydrogen) atoms. The van der Waals surface area contributed by atoms with Gasteiger partial charge < -0.3 is 29.7 Å². The van der Waals surface area contributed by atoms with E-state index in [1.807, 2.05) is 30.0 Å². The lowest BCUT2D eigenvalue weighted by molar-refractivity contribution is -0.131. The molecule has 8 heteroatoms. The van der Waals surface area contributed by atoms with Gasteiger partial charge in [0, 0.05) is 18.8 Å². The molecule has 3 aliphatic rings. The summed E-state index contributed by atoms with van der Waals surface area (Å²) < 4.78 is 16.6. The summed E-state index contributed by atoms with van der Waals surface area (Å²) in [6.45, 7) is 5.25. The molecule has 7 nitrogen and oxygen atoms in total. The second-order valence-electron chi connectivity index (χ2n) is 6.38. The SMILES string of the molecule is CC1=C(C(=O)N2CCOCC2)[C@H](c2ccc3c(c2)OCCO3)NC(=S)N1. The Morgan fingerprint density at radius 1 is 1.15 bits per heavy atom. The van der Waals surface area contributed by atoms with E-state index >= 15 is 0 Å². The average molecular weight is 375 g/mol. The van der Waals surface area contributed by atoms with Crippen molar-refractivity contribution in [1.29, 1.82) is 0 Å². The van der Waals surface area contributed by atoms with Gasteiger partial charge in [-0.15, -0.1) is 0 Å². The number of thiocarbonyl (C=S) groups is 1. The quantitative estimate of drug-likeness (QED) is 0.751. The number of allylic oxidation sites excluding steroid dienone is 1. The van der Waals surface area contributed by atoms with E-state index in [0.717, 1.165) is 17.0 Å². The summed E-state index contributed by atoms with van der Waals surface area (Å²) in [7, 11) is 0. The van der Waals surface area contributed by atoms with Crippen LogP contribution >= 0.6 is 12.2 Å². The van der Waals surface area contributed by atoms with Gasteiger partial charge in [0.2, 0.25) is 0 Å². The standard InChI is InChI=1S/C18H21N3O4S/c1-11-15(17(22)21-4-6-23-7-5-21)16(20-18(26)19-11)12-2-3-13-14(10-12)25-9-8-24-13/h2-3,10,16H,4-9H2,1H3,(H2,19,20,26)/t16-/m0/s1. The summed E-state index contributed by atoms with van der Waals surface area (Å²) in [4.78, 5) is 15.0. The topological polar surface area (TPSA) is 72.1 Å². The third kappa shape index (κ3) is 3.22. The van der Waals surface area contributed by atoms with Crippen LogP contribution in [0.4, 0.5) is 0 Å². The number of nitrogens with one attached hydrogen (secondary N) is 2. The van der Waals surface area contributed by atoms with Crippen molar-refractivity contribution in [3.05, 3.63) is 35.0 Å². The van der Waals surface area contributed by atoms with E-state index in [9.17, 15) is 4.79 Å². The van der Waals surface area contributed by atoms with Crippen LogP contribution in [-0.4, -0.2) is 55.4 Å². The predicted octanol–water partition coefficient (Wildman–Crippen LogP) is 1.11. The number of rotatable bonds is 2. The second-order valence-corrected chi connectivity index (χ2v) is 6.79. The number of carbonyl (C=O) groups is 1. The number of hydrogen-bond acceptors (Lipinski definition) is 5. The number of amides is 1. The Morgan fingerprint density at radius 2 is 1.88 bits per heavy atom. The summed E-state index contributed by atoms with van der Waals surface area (Å²) in [6.07, 6.45) is 0. The molecule has 3 heterocycles. The zero-order valence-corrected chi connectivity index (χ0v) is 15.4. The number of morpholine rings is 1. The van der Waals surface area contributed by atoms with Gasteiger partial charge in [0.05, 0.1) is 24.8 Å². The molecule has 0 aliphatic carbocycles. The molecule has 1 fully saturated rings. The summed E-state index contributed by atoms with van der Waals surface area (Å²) in [6, 6.07) is 5.40. The van der Waals surface area contributed by atoms with Gasteiger partial charge in [-0.1, -0.05) is 6.07 Å². The molecule has 2 N–H and O–H groups in total. The van der Waals surface area contributed by atoms with Crippen LogP contribution in [-0.2, 0) is 9.53 Å². The lowest BCUT2D eigenvalue weighted by atomic mass is 9.94. The van der Waals surface area contributed by atoms with Crippen molar-refractivity contribution >= 4 is 23.2 Å². The van der Waals surface area contributed by atoms with Gasteiger partial charge in [-0.3, -0.25) is 4.79 Å². The lowest BCUT2D eigenvalue weighted by Crippen LogP contribution is -2.49. The zero-order chi connectivity index (χ0) is 18.1. The Labute approximate surface area is 157 Å². The Kier molecular flexibility index (Phi) is 4.69. The molecule has 0 spiro atoms. The maximum absolute atomic E-state index is 13.2. The highest BCUT2D eigenvalue weighted by Gasteiger charge is 2.33. The first-order chi connectivity index (χ1) is 12.6. The van der Waals surface area contributed by atoms with Crippen LogP contribution in [0, 0.1) is 0 Å². The summed E-state index contributed by atoms with van der Waals surface area (Å²) in [5, 5.41) is 6.80. The van der Waals surface area contributed by atoms with E-state index in [1.165, 1.54) is 0 Å². The monoisotopic (exact) mass is 375 g/mol. The van der Waals surface area contributed by atoms with Crippen molar-refractivity contribution in [3.8, 4) is 11.5 Å². The van der Waals surface area contributed by atoms with Gasteiger partial charge >= 0.3 is 0 Å². The molecule has 0 unspecified atom stereocenters. The smallest absolute Gasteiger partial charge is 0.254 e. The molecule has 4 rings (SSSR count). The fourth-order valence-corrected chi connectivity index (χ4v) is 3.67. The molecule has 0 saturated carbocycles. The molecule has 1 amide bonds. The van der Waals surface area contributed by atoms with E-state index in [2.05, 4.69) is 10.6 Å². The Hall–Kier alpha value is -2.32. The first kappa shape index (κ1) is 17.1. The molecule has 3 aliphatic heterocycles. The number of nitrogens with zero attached hydrogens (tertiary/aromatic N) is 1. The molecule has 1 saturated heterocycles. The molecule has 138 valence electrons. The van der Waals surface area contributed by atoms with Crippen LogP contribution < -0.4 is 20.1 Å². The van der Waals surface area contributed by atoms with Crippen LogP contribution in [0.2, 0.25) is 0 Å². The van der Waals surface area contributed by atoms with E-state index in [1.54, 1.807) is 0 Å². The van der Waals surface area contributed by atoms with Crippen molar-refractivity contribution in [2.75, 3.05) is 39.5 Å². The van der Waals surface area contributed by atoms with E-state index in [0.29, 0.717) is 56.0 Å². The number of hydrogen-bond donors (Lipinski definition) is 2. The highest BCUT2D eigenvalue weighted by Crippen LogP contribution is 2.36. The van der Waals surface area contributed by atoms with Gasteiger partial charge in [0.15, 0.2) is 16.6 Å². The fourth-order valence-electron chi connectivity index (χ4n) is 3.40. The highest BCUT2D eigenvalue weighted by atomic mass is 32.1. The third-order valence-electron chi connectivity index (χ3n) is 4.70. The summed E-state index contributed by atoms with van der Waals surface area (Å²) in [5.74, 6) is 1.40. The largest absolute Gasteiger partial charge is 0.486 e. The van der Waals surface area contributed by atoms with Crippen molar-refractivity contribution in [3.63, 3.8) is 0 Å². The molecule has 1 aromatic rings. The van der Waals surface area contributed by atoms with Crippen molar-refractivity contribution < 1.29 is 19.0 Å². The van der Waals surface area contributed by atoms with Crippen molar-refractivity contribution in [1.82, 2.24) is 15.5 Å². The molecule has 0 bridgehead atoms. The predicted molar refractivity (Wildman–Crippen MR) is 99.1 cm³/mol. The van der Waals surface area contributed by atoms with Crippen LogP contribution in [0.5, 0.6) is 11.5 Å². The van der Waals surface area contributed by atoms with Crippen LogP contribution in [0.1, 0.15) is 18.5 Å². The fraction of sp³-hybridized carbons (Fsp3) is 0.444. The summed E-state index contributed by atoms with van der Waals surface area (Å²) in [5.41, 5.74) is 2.34. The van der Waals surface area contributed by atoms with Crippen LogP contribution in [0.3, 0.4) is 0 Å². The number of benzene rings is 1. The first-order valence-electron chi connectivity index (χ1n) is 8.68. The van der Waals surface area contributed by atoms with Gasteiger partial charge in [0.25, 0.3) is 5.91 Å². The van der Waals surface area contributed by atoms with E-state index in [-0.39, 0.29) is 11.9 Å². The molecule has 0 radical (unpaired) electrons. The maximum atomic E-state index is 13.2. The Balaban J connectivity index is 1.69. The van der Waals surface area contributed by atoms with Gasteiger partial charge in [-0.25, -0.2) is 0 Å². The van der Waals surface area contributed by atoms with Gasteiger partial charge in [-0.05, 0) is 36.8 Å². The van der Waals surface area contributed by atoms with Crippen molar-refractivity contribution in [2.24, 2.45) is 0 Å². The number of fused-ring (bicyclic) bond motifs is 1. The molecular weight excluding hydrogens is 354 g/mol. The Morgan fingerprint density at radius 3 is 2.65 bits per heavy atom. The molecule has 0 aromatic heterocycles. The zero-order valence-electron chi connectivity index (χ0n) is 14.5. The Bertz CT molecular complexity index is 774. The van der Waals surface area contributed by atoms with Crippen LogP contribution in [0.25, 0.3) is 0 Å². The lowest BCUT2D eigenvalue weighted by Gasteiger charge is -2.35. The van der Waals surface area contributed by atoms with Crippen LogP contribution in [0.15, 0.2) is 29.5 Å². The van der Waals surface area contributed by atoms with Gasteiger partial charge in [0.1, 0.15) is 13.2 Å². The molecular formula is C18H21N3O4S. The maximum Gasteiger partial charge on any atom is 0.254 e. The van der Waals surface area contributed by atoms with Crippen molar-refractivity contribution in [2.45, 2.75) is 13.0 Å². The second kappa shape index (κ2) is 7.13. The third-order valence-corrected chi connectivity index (χ3v) is 4.92. The minimum absolute atomic E-state index is 0.00631. The first-order valence-corrected chi connectivity index (χ1v) is 9.09. The number of carbonyl (C=O) groups excluding carboxylic acids is 1. The molecule has 1 aromatic carbocycles. The minimum atomic E-state index is -0.338. The molecule has 1 atom stereocenters. The normalized spacial score (nSPS) is 22.6. The highest BCUT2D eigenvalue weighted by molar-refractivity contribution is 7.80.